The highest BCUT2D eigenvalue weighted by Crippen LogP contribution is 2.23. The number of nitrogens with zero attached hydrogens (tertiary/aromatic N) is 2. The van der Waals surface area contributed by atoms with E-state index in [4.69, 9.17) is 0 Å². The Hall–Kier alpha value is -0.220. The van der Waals surface area contributed by atoms with E-state index in [1.165, 1.54) is 32.4 Å². The Morgan fingerprint density at radius 1 is 1.41 bits per heavy atom. The number of thioether (sulfide) groups is 1. The van der Waals surface area contributed by atoms with Crippen LogP contribution in [-0.2, 0) is 0 Å². The quantitative estimate of drug-likeness (QED) is 0.838. The van der Waals surface area contributed by atoms with Gasteiger partial charge in [0.2, 0.25) is 0 Å². The van der Waals surface area contributed by atoms with Gasteiger partial charge >= 0.3 is 0 Å². The van der Waals surface area contributed by atoms with Crippen LogP contribution in [0.4, 0.5) is 0 Å². The molecule has 2 rings (SSSR count). The summed E-state index contributed by atoms with van der Waals surface area (Å²) in [7, 11) is 2.22. The summed E-state index contributed by atoms with van der Waals surface area (Å²) in [5.74, 6) is 2.04. The molecule has 2 heterocycles. The van der Waals surface area contributed by atoms with Gasteiger partial charge in [0.1, 0.15) is 0 Å². The second-order valence-electron chi connectivity index (χ2n) is 6.02. The molecule has 1 N–H and O–H groups in total. The van der Waals surface area contributed by atoms with Gasteiger partial charge in [-0.3, -0.25) is 4.99 Å². The van der Waals surface area contributed by atoms with Crippen LogP contribution in [0.1, 0.15) is 33.1 Å². The van der Waals surface area contributed by atoms with Crippen molar-refractivity contribution in [1.29, 1.82) is 0 Å². The highest BCUT2D eigenvalue weighted by Gasteiger charge is 2.27. The standard InChI is InChI=1S/C13H25N3S/c1-13(2)10-17-12(15-13)14-7-4-11-5-8-16(3)9-6-11/h11H,4-10H2,1-3H3,(H,14,15). The highest BCUT2D eigenvalue weighted by molar-refractivity contribution is 8.14. The normalized spacial score (nSPS) is 28.5. The number of piperidine rings is 1. The maximum absolute atomic E-state index is 4.69. The Balaban J connectivity index is 1.68. The first-order valence-corrected chi connectivity index (χ1v) is 7.68. The lowest BCUT2D eigenvalue weighted by Gasteiger charge is -2.28. The SMILES string of the molecule is CN1CCC(CCN=C2NC(C)(C)CS2)CC1. The van der Waals surface area contributed by atoms with Crippen LogP contribution >= 0.6 is 11.8 Å². The molecule has 2 saturated heterocycles. The van der Waals surface area contributed by atoms with Crippen molar-refractivity contribution >= 4 is 16.9 Å². The van der Waals surface area contributed by atoms with Crippen LogP contribution in [0.2, 0.25) is 0 Å². The van der Waals surface area contributed by atoms with E-state index in [1.54, 1.807) is 0 Å². The molecule has 0 spiro atoms. The number of aliphatic imine (C=N–C) groups is 1. The molecule has 0 unspecified atom stereocenters. The molecule has 0 bridgehead atoms. The van der Waals surface area contributed by atoms with Gasteiger partial charge < -0.3 is 10.2 Å². The van der Waals surface area contributed by atoms with Gasteiger partial charge in [0, 0.05) is 17.8 Å². The molecule has 2 aliphatic rings. The van der Waals surface area contributed by atoms with E-state index >= 15 is 0 Å². The first-order valence-electron chi connectivity index (χ1n) is 6.69. The number of amidine groups is 1. The molecule has 0 radical (unpaired) electrons. The number of rotatable bonds is 3. The zero-order valence-electron chi connectivity index (χ0n) is 11.3. The van der Waals surface area contributed by atoms with E-state index in [9.17, 15) is 0 Å². The van der Waals surface area contributed by atoms with E-state index in [2.05, 4.69) is 36.1 Å². The number of hydrogen-bond donors (Lipinski definition) is 1. The molecule has 0 saturated carbocycles. The lowest BCUT2D eigenvalue weighted by atomic mass is 9.94. The zero-order chi connectivity index (χ0) is 12.3. The molecule has 0 atom stereocenters. The summed E-state index contributed by atoms with van der Waals surface area (Å²) >= 11 is 1.87. The summed E-state index contributed by atoms with van der Waals surface area (Å²) in [6.45, 7) is 8.00. The monoisotopic (exact) mass is 255 g/mol. The first-order chi connectivity index (χ1) is 8.05. The van der Waals surface area contributed by atoms with Crippen LogP contribution in [0.15, 0.2) is 4.99 Å². The molecule has 0 aromatic heterocycles. The summed E-state index contributed by atoms with van der Waals surface area (Å²) in [4.78, 5) is 7.12. The summed E-state index contributed by atoms with van der Waals surface area (Å²) in [5, 5.41) is 4.64. The van der Waals surface area contributed by atoms with E-state index in [1.807, 2.05) is 11.8 Å². The molecule has 0 amide bonds. The fourth-order valence-electron chi connectivity index (χ4n) is 2.40. The predicted octanol–water partition coefficient (Wildman–Crippen LogP) is 2.19. The Bertz CT molecular complexity index is 280. The fourth-order valence-corrected chi connectivity index (χ4v) is 3.50. The third-order valence-corrected chi connectivity index (χ3v) is 5.02. The molecule has 2 fully saturated rings. The second kappa shape index (κ2) is 5.61. The molecular weight excluding hydrogens is 230 g/mol. The maximum atomic E-state index is 4.69. The van der Waals surface area contributed by atoms with Crippen LogP contribution in [0.3, 0.4) is 0 Å². The Morgan fingerprint density at radius 3 is 2.71 bits per heavy atom. The minimum atomic E-state index is 0.233. The first kappa shape index (κ1) is 13.2. The summed E-state index contributed by atoms with van der Waals surface area (Å²) in [6, 6.07) is 0. The molecule has 3 nitrogen and oxygen atoms in total. The van der Waals surface area contributed by atoms with Gasteiger partial charge in [0.05, 0.1) is 0 Å². The van der Waals surface area contributed by atoms with Gasteiger partial charge in [0.25, 0.3) is 0 Å². The summed E-state index contributed by atoms with van der Waals surface area (Å²) < 4.78 is 0. The van der Waals surface area contributed by atoms with Crippen LogP contribution in [-0.4, -0.2) is 48.0 Å². The van der Waals surface area contributed by atoms with Crippen molar-refractivity contribution in [2.75, 3.05) is 32.4 Å². The predicted molar refractivity (Wildman–Crippen MR) is 76.8 cm³/mol. The number of nitrogens with one attached hydrogen (secondary N) is 1. The molecule has 0 aromatic carbocycles. The van der Waals surface area contributed by atoms with Crippen LogP contribution in [0.25, 0.3) is 0 Å². The van der Waals surface area contributed by atoms with E-state index < -0.39 is 0 Å². The van der Waals surface area contributed by atoms with Crippen LogP contribution in [0.5, 0.6) is 0 Å². The molecular formula is C13H25N3S. The Morgan fingerprint density at radius 2 is 2.12 bits per heavy atom. The van der Waals surface area contributed by atoms with Crippen molar-refractivity contribution in [2.45, 2.75) is 38.6 Å². The third kappa shape index (κ3) is 4.18. The average Bonchev–Trinajstić information content (AvgIpc) is 2.61. The summed E-state index contributed by atoms with van der Waals surface area (Å²) in [6.07, 6.45) is 3.97. The maximum Gasteiger partial charge on any atom is 0.157 e. The van der Waals surface area contributed by atoms with Gasteiger partial charge in [-0.15, -0.1) is 0 Å². The fraction of sp³-hybridized carbons (Fsp3) is 0.923. The van der Waals surface area contributed by atoms with Gasteiger partial charge in [0.15, 0.2) is 5.17 Å². The highest BCUT2D eigenvalue weighted by atomic mass is 32.2. The van der Waals surface area contributed by atoms with Crippen molar-refractivity contribution in [3.63, 3.8) is 0 Å². The minimum Gasteiger partial charge on any atom is -0.359 e. The van der Waals surface area contributed by atoms with Crippen molar-refractivity contribution in [3.8, 4) is 0 Å². The minimum absolute atomic E-state index is 0.233. The van der Waals surface area contributed by atoms with E-state index in [-0.39, 0.29) is 5.54 Å². The Labute approximate surface area is 109 Å². The number of hydrogen-bond acceptors (Lipinski definition) is 3. The van der Waals surface area contributed by atoms with Gasteiger partial charge in [-0.25, -0.2) is 0 Å². The van der Waals surface area contributed by atoms with Crippen molar-refractivity contribution in [2.24, 2.45) is 10.9 Å². The van der Waals surface area contributed by atoms with E-state index in [0.29, 0.717) is 0 Å². The summed E-state index contributed by atoms with van der Waals surface area (Å²) in [5.41, 5.74) is 0.233. The lowest BCUT2D eigenvalue weighted by Crippen LogP contribution is -2.37. The molecule has 17 heavy (non-hydrogen) atoms. The molecule has 98 valence electrons. The molecule has 2 aliphatic heterocycles. The van der Waals surface area contributed by atoms with Gasteiger partial charge in [-0.05, 0) is 59.2 Å². The van der Waals surface area contributed by atoms with Crippen LogP contribution in [0, 0.1) is 5.92 Å². The molecule has 0 aromatic rings. The lowest BCUT2D eigenvalue weighted by molar-refractivity contribution is 0.214. The second-order valence-corrected chi connectivity index (χ2v) is 6.98. The van der Waals surface area contributed by atoms with Gasteiger partial charge in [-0.1, -0.05) is 11.8 Å². The molecule has 0 aliphatic carbocycles. The van der Waals surface area contributed by atoms with Crippen molar-refractivity contribution in [1.82, 2.24) is 10.2 Å². The van der Waals surface area contributed by atoms with Crippen molar-refractivity contribution < 1.29 is 0 Å². The van der Waals surface area contributed by atoms with Crippen LogP contribution < -0.4 is 5.32 Å². The van der Waals surface area contributed by atoms with Crippen molar-refractivity contribution in [3.05, 3.63) is 0 Å². The average molecular weight is 255 g/mol. The largest absolute Gasteiger partial charge is 0.359 e. The third-order valence-electron chi connectivity index (χ3n) is 3.65. The topological polar surface area (TPSA) is 27.6 Å². The Kier molecular flexibility index (Phi) is 4.36. The number of likely N-dealkylation sites (tertiary alicyclic amines) is 1. The smallest absolute Gasteiger partial charge is 0.157 e. The van der Waals surface area contributed by atoms with Gasteiger partial charge in [-0.2, -0.15) is 0 Å². The molecule has 4 heteroatoms. The zero-order valence-corrected chi connectivity index (χ0v) is 12.1. The van der Waals surface area contributed by atoms with E-state index in [0.717, 1.165) is 23.4 Å².